The van der Waals surface area contributed by atoms with Crippen LogP contribution in [0.5, 0.6) is 0 Å². The van der Waals surface area contributed by atoms with Crippen LogP contribution in [0.25, 0.3) is 6.08 Å². The van der Waals surface area contributed by atoms with Crippen molar-refractivity contribution in [3.63, 3.8) is 0 Å². The van der Waals surface area contributed by atoms with Gasteiger partial charge in [-0.15, -0.1) is 24.2 Å². The number of carbonyl (C=O) groups is 3. The Hall–Kier alpha value is -3.38. The van der Waals surface area contributed by atoms with E-state index >= 15 is 0 Å². The molecule has 0 aromatic carbocycles. The molecule has 2 aliphatic heterocycles. The van der Waals surface area contributed by atoms with Crippen molar-refractivity contribution in [3.8, 4) is 12.8 Å². The van der Waals surface area contributed by atoms with Crippen LogP contribution in [0.3, 0.4) is 0 Å². The van der Waals surface area contributed by atoms with Crippen molar-refractivity contribution in [2.24, 2.45) is 5.18 Å². The summed E-state index contributed by atoms with van der Waals surface area (Å²) in [5, 5.41) is 39.1. The van der Waals surface area contributed by atoms with Gasteiger partial charge >= 0.3 is 11.9 Å². The minimum atomic E-state index is -1.56. The molecule has 12 nitrogen and oxygen atoms in total. The molecule has 0 saturated carbocycles. The number of nitrogens with zero attached hydrogens (tertiary/aromatic N) is 2. The number of aliphatic hydroxyl groups excluding tert-OH is 2. The van der Waals surface area contributed by atoms with Gasteiger partial charge in [0, 0.05) is 42.7 Å². The van der Waals surface area contributed by atoms with Crippen LogP contribution in [0.2, 0.25) is 5.02 Å². The maximum absolute atomic E-state index is 12.6. The highest BCUT2D eigenvalue weighted by Gasteiger charge is 2.43. The first-order valence-corrected chi connectivity index (χ1v) is 16.3. The van der Waals surface area contributed by atoms with Gasteiger partial charge in [0.15, 0.2) is 12.4 Å². The number of nitroso groups, excluding NO2 is 1. The maximum Gasteiger partial charge on any atom is 0.335 e. The normalized spacial score (nSPS) is 23.4. The van der Waals surface area contributed by atoms with E-state index in [2.05, 4.69) is 18.0 Å². The molecule has 260 valence electrons. The molecular weight excluding hydrogens is 652 g/mol. The molecule has 0 radical (unpaired) electrons. The number of rotatable bonds is 16. The molecule has 2 fully saturated rings. The second-order valence-corrected chi connectivity index (χ2v) is 12.1. The van der Waals surface area contributed by atoms with Gasteiger partial charge in [-0.2, -0.15) is 4.91 Å². The lowest BCUT2D eigenvalue weighted by Gasteiger charge is -2.35. The second kappa shape index (κ2) is 22.2. The van der Waals surface area contributed by atoms with Gasteiger partial charge in [0.1, 0.15) is 6.04 Å². The zero-order valence-corrected chi connectivity index (χ0v) is 28.4. The van der Waals surface area contributed by atoms with Crippen LogP contribution in [0, 0.1) is 24.7 Å². The van der Waals surface area contributed by atoms with E-state index in [4.69, 9.17) is 31.3 Å². The monoisotopic (exact) mass is 696 g/mol. The van der Waals surface area contributed by atoms with Gasteiger partial charge in [0.25, 0.3) is 0 Å². The molecule has 2 saturated heterocycles. The fourth-order valence-corrected chi connectivity index (χ4v) is 6.62. The fraction of sp³-hybridized carbons (Fsp3) is 0.545. The Balaban J connectivity index is 0.00000265. The molecule has 6 atom stereocenters. The summed E-state index contributed by atoms with van der Waals surface area (Å²) < 4.78 is 11.6. The van der Waals surface area contributed by atoms with Crippen LogP contribution in [-0.2, 0) is 30.3 Å². The largest absolute Gasteiger partial charge is 0.481 e. The Bertz CT molecular complexity index is 1280. The number of hydrogen-bond donors (Lipinski definition) is 4. The minimum Gasteiger partial charge on any atom is -0.481 e. The lowest BCUT2D eigenvalue weighted by atomic mass is 10.0. The smallest absolute Gasteiger partial charge is 0.335 e. The van der Waals surface area contributed by atoms with E-state index < -0.39 is 42.6 Å². The molecule has 0 bridgehead atoms. The van der Waals surface area contributed by atoms with E-state index in [0.717, 1.165) is 22.4 Å². The summed E-state index contributed by atoms with van der Waals surface area (Å²) in [5.41, 5.74) is 0.975. The average molecular weight is 697 g/mol. The zero-order valence-electron chi connectivity index (χ0n) is 26.9. The predicted octanol–water partition coefficient (Wildman–Crippen LogP) is 4.97. The molecule has 1 aromatic rings. The highest BCUT2D eigenvalue weighted by atomic mass is 35.5. The van der Waals surface area contributed by atoms with Crippen molar-refractivity contribution in [2.45, 2.75) is 102 Å². The average Bonchev–Trinajstić information content (AvgIpc) is 3.55. The van der Waals surface area contributed by atoms with E-state index in [-0.39, 0.29) is 24.8 Å². The van der Waals surface area contributed by atoms with E-state index in [0.29, 0.717) is 50.1 Å². The molecule has 3 rings (SSSR count). The minimum absolute atomic E-state index is 0.00113. The van der Waals surface area contributed by atoms with Crippen molar-refractivity contribution in [2.75, 3.05) is 13.7 Å². The number of hydrogen-bond acceptors (Lipinski definition) is 10. The lowest BCUT2D eigenvalue weighted by molar-refractivity contribution is -0.243. The molecular formula is C33H45ClN2O10S. The molecule has 2 aliphatic rings. The number of allylic oxidation sites excluding steroid dienone is 2. The standard InChI is InChI=1S/C30H39ClN2O9S.C2H2.CH4O/c1-3-8-23-18(2)27(31)24(43-23)14-13-20(41-30-21(32-40)17-22(34)28(42-30)29(38)39)12-10-19-11-15-25(35)33(19)16-7-5-4-6-9-26(36)37;2*1-2/h3,5,7-8,10,12,19-22,28,30,34H,4,6,9,11,13-17H2,1-2H3,(H,36,37)(H,38,39);1-2H;2H,1H3/b7-5-,8-3-,12-10+;;/t19-,20?,21?,22-,28-,30?;;/m0../s1. The highest BCUT2D eigenvalue weighted by molar-refractivity contribution is 7.13. The predicted molar refractivity (Wildman–Crippen MR) is 181 cm³/mol. The van der Waals surface area contributed by atoms with E-state index in [1.807, 2.05) is 44.2 Å². The fourth-order valence-electron chi connectivity index (χ4n) is 5.07. The van der Waals surface area contributed by atoms with Crippen molar-refractivity contribution >= 4 is 46.9 Å². The number of terminal acetylenes is 1. The summed E-state index contributed by atoms with van der Waals surface area (Å²) in [4.78, 5) is 50.2. The van der Waals surface area contributed by atoms with Crippen LogP contribution in [0.15, 0.2) is 35.6 Å². The summed E-state index contributed by atoms with van der Waals surface area (Å²) in [6, 6.07) is -1.32. The van der Waals surface area contributed by atoms with Crippen LogP contribution >= 0.6 is 22.9 Å². The summed E-state index contributed by atoms with van der Waals surface area (Å²) in [6.07, 6.45) is 17.3. The molecule has 0 aliphatic carbocycles. The van der Waals surface area contributed by atoms with Crippen LogP contribution < -0.4 is 0 Å². The van der Waals surface area contributed by atoms with Crippen LogP contribution in [0.4, 0.5) is 0 Å². The highest BCUT2D eigenvalue weighted by Crippen LogP contribution is 2.35. The third-order valence-corrected chi connectivity index (χ3v) is 9.36. The zero-order chi connectivity index (χ0) is 35.5. The Morgan fingerprint density at radius 3 is 2.57 bits per heavy atom. The number of aliphatic carboxylic acids is 2. The number of ether oxygens (including phenoxy) is 2. The van der Waals surface area contributed by atoms with Gasteiger partial charge in [-0.1, -0.05) is 47.2 Å². The van der Waals surface area contributed by atoms with Crippen molar-refractivity contribution in [1.82, 2.24) is 4.90 Å². The lowest BCUT2D eigenvalue weighted by Crippen LogP contribution is -2.51. The van der Waals surface area contributed by atoms with Crippen LogP contribution in [-0.4, -0.2) is 93.5 Å². The Morgan fingerprint density at radius 2 is 1.96 bits per heavy atom. The van der Waals surface area contributed by atoms with Gasteiger partial charge in [-0.25, -0.2) is 4.79 Å². The number of thiophene rings is 1. The van der Waals surface area contributed by atoms with Gasteiger partial charge < -0.3 is 34.8 Å². The summed E-state index contributed by atoms with van der Waals surface area (Å²) in [6.45, 7) is 4.26. The number of carbonyl (C=O) groups excluding carboxylic acids is 1. The van der Waals surface area contributed by atoms with Crippen molar-refractivity contribution < 1.29 is 44.3 Å². The van der Waals surface area contributed by atoms with Gasteiger partial charge in [-0.05, 0) is 57.6 Å². The Kier molecular flexibility index (Phi) is 19.7. The van der Waals surface area contributed by atoms with E-state index in [1.54, 1.807) is 22.3 Å². The third-order valence-electron chi connectivity index (χ3n) is 7.42. The quantitative estimate of drug-likeness (QED) is 0.0796. The van der Waals surface area contributed by atoms with Crippen molar-refractivity contribution in [3.05, 3.63) is 55.6 Å². The molecule has 1 aromatic heterocycles. The Morgan fingerprint density at radius 1 is 1.26 bits per heavy atom. The first-order chi connectivity index (χ1) is 22.5. The second-order valence-electron chi connectivity index (χ2n) is 10.6. The number of carboxylic acid groups (broad SMARTS) is 2. The molecule has 3 unspecified atom stereocenters. The number of halogens is 1. The van der Waals surface area contributed by atoms with Gasteiger partial charge in [0.05, 0.1) is 23.3 Å². The van der Waals surface area contributed by atoms with E-state index in [1.165, 1.54) is 0 Å². The summed E-state index contributed by atoms with van der Waals surface area (Å²) in [5.74, 6) is -2.21. The Labute approximate surface area is 284 Å². The maximum atomic E-state index is 12.6. The molecule has 0 spiro atoms. The number of aryl methyl sites for hydroxylation is 1. The van der Waals surface area contributed by atoms with Crippen molar-refractivity contribution in [1.29, 1.82) is 0 Å². The third kappa shape index (κ3) is 13.0. The molecule has 3 heterocycles. The summed E-state index contributed by atoms with van der Waals surface area (Å²) in [7, 11) is 1.00. The number of amides is 1. The van der Waals surface area contributed by atoms with E-state index in [9.17, 15) is 29.5 Å². The number of unbranched alkanes of at least 4 members (excludes halogenated alkanes) is 1. The molecule has 14 heteroatoms. The molecule has 4 N–H and O–H groups in total. The first-order valence-electron chi connectivity index (χ1n) is 15.1. The summed E-state index contributed by atoms with van der Waals surface area (Å²) >= 11 is 8.18. The van der Waals surface area contributed by atoms with Crippen LogP contribution in [0.1, 0.15) is 67.2 Å². The number of carboxylic acids is 2. The van der Waals surface area contributed by atoms with Gasteiger partial charge in [-0.3, -0.25) is 9.59 Å². The first kappa shape index (κ1) is 41.6. The molecule has 1 amide bonds. The topological polar surface area (TPSA) is 183 Å². The number of likely N-dealkylation sites (tertiary alicyclic amines) is 1. The number of aliphatic hydroxyl groups is 2. The van der Waals surface area contributed by atoms with Gasteiger partial charge in [0.2, 0.25) is 5.91 Å². The molecule has 47 heavy (non-hydrogen) atoms. The SMILES string of the molecule is C#C.C/C=C\c1sc(CCC(/C=C/[C@H]2CCC(=O)N2C/C=C\CCCC(=O)O)OC2O[C@H](C(=O)O)[C@@H](O)CC2N=O)c(Cl)c1C.CO.